The van der Waals surface area contributed by atoms with Crippen molar-refractivity contribution >= 4 is 58.0 Å². The number of nitrogen functional groups attached to an aromatic ring is 2. The highest BCUT2D eigenvalue weighted by Crippen LogP contribution is 2.44. The molecule has 0 saturated heterocycles. The normalized spacial score (nSPS) is 14.6. The predicted molar refractivity (Wildman–Crippen MR) is 226 cm³/mol. The number of allylic oxidation sites excluding steroid dienone is 8. The first-order chi connectivity index (χ1) is 25.4. The third-order valence-electron chi connectivity index (χ3n) is 10.5. The summed E-state index contributed by atoms with van der Waals surface area (Å²) in [6, 6.07) is 10.5. The Kier molecular flexibility index (Phi) is 11.5. The molecule has 274 valence electrons. The van der Waals surface area contributed by atoms with Gasteiger partial charge in [0.05, 0.1) is 21.7 Å². The lowest BCUT2D eigenvalue weighted by atomic mass is 9.65. The van der Waals surface area contributed by atoms with E-state index in [0.29, 0.717) is 42.2 Å². The molecule has 8 nitrogen and oxygen atoms in total. The maximum absolute atomic E-state index is 6.69. The van der Waals surface area contributed by atoms with Crippen molar-refractivity contribution in [2.75, 3.05) is 11.5 Å². The summed E-state index contributed by atoms with van der Waals surface area (Å²) in [5.41, 5.74) is 18.1. The van der Waals surface area contributed by atoms with Gasteiger partial charge in [0, 0.05) is 35.4 Å². The summed E-state index contributed by atoms with van der Waals surface area (Å²) in [5, 5.41) is 3.48. The number of anilines is 2. The highest BCUT2D eigenvalue weighted by molar-refractivity contribution is 5.88. The zero-order chi connectivity index (χ0) is 38.5. The van der Waals surface area contributed by atoms with E-state index in [1.54, 1.807) is 12.2 Å². The molecular weight excluding hydrogens is 653 g/mol. The van der Waals surface area contributed by atoms with Gasteiger partial charge in [-0.3, -0.25) is 0 Å². The number of nitrogens with two attached hydrogens (primary N) is 2. The molecular formula is C45H54N8. The Labute approximate surface area is 313 Å². The fraction of sp³-hybridized carbons (Fsp3) is 0.289. The van der Waals surface area contributed by atoms with Crippen LogP contribution >= 0.6 is 0 Å². The number of fused-ring (bicyclic) bond motifs is 2. The van der Waals surface area contributed by atoms with Crippen molar-refractivity contribution in [2.24, 2.45) is 5.41 Å². The molecule has 0 fully saturated rings. The van der Waals surface area contributed by atoms with Crippen molar-refractivity contribution in [3.8, 4) is 0 Å². The first-order valence-corrected chi connectivity index (χ1v) is 18.2. The number of hydrogen-bond acceptors (Lipinski definition) is 6. The largest absolute Gasteiger partial charge is 0.382 e. The number of pyridine rings is 2. The minimum atomic E-state index is -0.496. The molecule has 0 amide bonds. The van der Waals surface area contributed by atoms with E-state index >= 15 is 0 Å². The van der Waals surface area contributed by atoms with Crippen LogP contribution in [0.1, 0.15) is 72.6 Å². The molecule has 4 heterocycles. The van der Waals surface area contributed by atoms with Gasteiger partial charge >= 0.3 is 0 Å². The molecule has 53 heavy (non-hydrogen) atoms. The predicted octanol–water partition coefficient (Wildman–Crippen LogP) is 6.55. The first kappa shape index (κ1) is 38.5. The fourth-order valence-corrected chi connectivity index (χ4v) is 6.96. The number of rotatable bonds is 12. The van der Waals surface area contributed by atoms with Crippen molar-refractivity contribution in [2.45, 2.75) is 80.3 Å². The molecule has 5 aromatic rings. The highest BCUT2D eigenvalue weighted by Gasteiger charge is 2.43. The lowest BCUT2D eigenvalue weighted by Gasteiger charge is -2.41. The second-order valence-electron chi connectivity index (χ2n) is 14.4. The average molecular weight is 707 g/mol. The van der Waals surface area contributed by atoms with Crippen LogP contribution in [0.2, 0.25) is 0 Å². The van der Waals surface area contributed by atoms with Gasteiger partial charge < -0.3 is 20.6 Å². The molecule has 0 spiro atoms. The Bertz CT molecular complexity index is 2520. The molecule has 0 aliphatic rings. The molecule has 4 N–H and O–H groups in total. The van der Waals surface area contributed by atoms with Gasteiger partial charge in [-0.2, -0.15) is 0 Å². The van der Waals surface area contributed by atoms with Gasteiger partial charge in [0.15, 0.2) is 11.6 Å². The number of imidazole rings is 2. The van der Waals surface area contributed by atoms with Crippen LogP contribution in [0, 0.1) is 5.41 Å². The van der Waals surface area contributed by atoms with E-state index in [4.69, 9.17) is 31.4 Å². The maximum atomic E-state index is 6.69. The van der Waals surface area contributed by atoms with Crippen molar-refractivity contribution in [3.05, 3.63) is 130 Å². The summed E-state index contributed by atoms with van der Waals surface area (Å²) < 4.78 is 4.64. The van der Waals surface area contributed by atoms with Crippen molar-refractivity contribution < 1.29 is 0 Å². The third kappa shape index (κ3) is 7.31. The standard InChI is InChI=1S/C45H54N8/c1-11-17-19-24-30(14-4)28-52-36(50-37-39(52)32(15-5)34(22-12-2)48-41(37)46)27-44(7,8)45(9,10)43-51-38-40(53(43)29-31-25-20-18-21-26-31)33(16-6)35(23-13-3)49-42(38)47/h11-26H,2-3,27-29H2,1,4-10H3,(H2,46,48)(H2,47,49)/b17-11-,24-19-,30-14+,32-15+,33-16+,34-22+,35-23+. The molecule has 0 aliphatic heterocycles. The second kappa shape index (κ2) is 15.9. The van der Waals surface area contributed by atoms with Gasteiger partial charge in [-0.1, -0.05) is 126 Å². The summed E-state index contributed by atoms with van der Waals surface area (Å²) in [5.74, 6) is 2.63. The molecule has 0 aliphatic carbocycles. The molecule has 0 unspecified atom stereocenters. The van der Waals surface area contributed by atoms with E-state index in [1.807, 2.05) is 51.1 Å². The summed E-state index contributed by atoms with van der Waals surface area (Å²) >= 11 is 0. The van der Waals surface area contributed by atoms with Gasteiger partial charge in [0.1, 0.15) is 22.7 Å². The topological polar surface area (TPSA) is 113 Å². The maximum Gasteiger partial charge on any atom is 0.152 e. The molecule has 0 atom stereocenters. The van der Waals surface area contributed by atoms with Crippen LogP contribution in [0.15, 0.2) is 91.6 Å². The van der Waals surface area contributed by atoms with Gasteiger partial charge in [-0.25, -0.2) is 19.9 Å². The first-order valence-electron chi connectivity index (χ1n) is 18.2. The van der Waals surface area contributed by atoms with E-state index in [2.05, 4.69) is 112 Å². The molecule has 5 rings (SSSR count). The van der Waals surface area contributed by atoms with Crippen molar-refractivity contribution in [1.82, 2.24) is 29.1 Å². The lowest BCUT2D eigenvalue weighted by Crippen LogP contribution is -2.41. The Morgan fingerprint density at radius 3 is 1.85 bits per heavy atom. The van der Waals surface area contributed by atoms with Crippen LogP contribution in [-0.4, -0.2) is 29.1 Å². The minimum absolute atomic E-state index is 0.387. The Morgan fingerprint density at radius 2 is 1.32 bits per heavy atom. The van der Waals surface area contributed by atoms with Crippen LogP contribution < -0.4 is 32.6 Å². The van der Waals surface area contributed by atoms with Crippen LogP contribution in [0.3, 0.4) is 0 Å². The molecule has 4 aromatic heterocycles. The molecule has 0 bridgehead atoms. The minimum Gasteiger partial charge on any atom is -0.382 e. The monoisotopic (exact) mass is 706 g/mol. The molecule has 0 radical (unpaired) electrons. The lowest BCUT2D eigenvalue weighted by molar-refractivity contribution is 0.176. The van der Waals surface area contributed by atoms with E-state index in [1.165, 1.54) is 5.56 Å². The van der Waals surface area contributed by atoms with Crippen LogP contribution in [0.4, 0.5) is 11.6 Å². The zero-order valence-corrected chi connectivity index (χ0v) is 32.6. The zero-order valence-electron chi connectivity index (χ0n) is 32.6. The smallest absolute Gasteiger partial charge is 0.152 e. The third-order valence-corrected chi connectivity index (χ3v) is 10.5. The number of benzene rings is 1. The Hall–Kier alpha value is -5.76. The summed E-state index contributed by atoms with van der Waals surface area (Å²) in [7, 11) is 0. The number of nitrogens with zero attached hydrogens (tertiary/aromatic N) is 6. The van der Waals surface area contributed by atoms with Gasteiger partial charge in [0.2, 0.25) is 0 Å². The Balaban J connectivity index is 1.78. The summed E-state index contributed by atoms with van der Waals surface area (Å²) in [6.45, 7) is 26.4. The second-order valence-corrected chi connectivity index (χ2v) is 14.4. The Morgan fingerprint density at radius 1 is 0.755 bits per heavy atom. The van der Waals surface area contributed by atoms with Gasteiger partial charge in [-0.15, -0.1) is 0 Å². The highest BCUT2D eigenvalue weighted by atomic mass is 15.1. The van der Waals surface area contributed by atoms with E-state index in [-0.39, 0.29) is 5.41 Å². The number of aromatic nitrogens is 6. The van der Waals surface area contributed by atoms with Crippen molar-refractivity contribution in [1.29, 1.82) is 0 Å². The molecule has 0 saturated carbocycles. The van der Waals surface area contributed by atoms with Crippen LogP contribution in [0.25, 0.3) is 46.4 Å². The van der Waals surface area contributed by atoms with Gasteiger partial charge in [-0.05, 0) is 56.4 Å². The average Bonchev–Trinajstić information content (AvgIpc) is 3.68. The number of hydrogen-bond donors (Lipinski definition) is 2. The van der Waals surface area contributed by atoms with Gasteiger partial charge in [0.25, 0.3) is 0 Å². The quantitative estimate of drug-likeness (QED) is 0.142. The molecule has 1 aromatic carbocycles. The fourth-order valence-electron chi connectivity index (χ4n) is 6.96. The molecule has 8 heteroatoms. The van der Waals surface area contributed by atoms with E-state index in [0.717, 1.165) is 49.4 Å². The van der Waals surface area contributed by atoms with Crippen molar-refractivity contribution in [3.63, 3.8) is 0 Å². The van der Waals surface area contributed by atoms with Crippen LogP contribution in [-0.2, 0) is 24.9 Å². The van der Waals surface area contributed by atoms with Crippen LogP contribution in [0.5, 0.6) is 0 Å². The summed E-state index contributed by atoms with van der Waals surface area (Å²) in [4.78, 5) is 20.2. The van der Waals surface area contributed by atoms with E-state index < -0.39 is 5.41 Å². The summed E-state index contributed by atoms with van der Waals surface area (Å²) in [6.07, 6.45) is 22.5. The SMILES string of the molecule is C=C/C=c1/nc(N)c2nc(CC(C)(C)C(C)(C)c3nc4c(N)nc(=C/C=C)/c(=C\C)c4n3Cc3ccccc3)n(CC(/C=C\C=C/C)=C/C)c2/c1=C/C. The van der Waals surface area contributed by atoms with E-state index in [9.17, 15) is 0 Å².